The molecule has 5 nitrogen and oxygen atoms in total. The normalized spacial score (nSPS) is 12.5. The first kappa shape index (κ1) is 15.5. The minimum absolute atomic E-state index is 0.0496. The number of thioether (sulfide) groups is 1. The van der Waals surface area contributed by atoms with Gasteiger partial charge in [-0.05, 0) is 25.3 Å². The Morgan fingerprint density at radius 2 is 2.04 bits per heavy atom. The van der Waals surface area contributed by atoms with Gasteiger partial charge in [-0.15, -0.1) is 5.10 Å². The lowest BCUT2D eigenvalue weighted by atomic mass is 10.1. The number of aryl methyl sites for hydroxylation is 1. The van der Waals surface area contributed by atoms with Crippen molar-refractivity contribution in [3.8, 4) is 11.5 Å². The molecule has 4 heterocycles. The molecule has 0 radical (unpaired) electrons. The third kappa shape index (κ3) is 2.46. The van der Waals surface area contributed by atoms with Gasteiger partial charge in [0.05, 0.1) is 17.1 Å². The van der Waals surface area contributed by atoms with Crippen LogP contribution in [0.5, 0.6) is 0 Å². The molecule has 0 bridgehead atoms. The molecule has 0 aromatic carbocycles. The average Bonchev–Trinajstić information content (AvgIpc) is 3.15. The molecule has 10 heteroatoms. The number of alkyl halides is 3. The van der Waals surface area contributed by atoms with E-state index in [1.165, 1.54) is 36.1 Å². The Labute approximate surface area is 141 Å². The van der Waals surface area contributed by atoms with Crippen LogP contribution >= 0.6 is 23.1 Å². The minimum atomic E-state index is -4.48. The molecule has 0 saturated carbocycles. The molecule has 0 N–H and O–H groups in total. The van der Waals surface area contributed by atoms with E-state index >= 15 is 0 Å². The van der Waals surface area contributed by atoms with Gasteiger partial charge in [-0.1, -0.05) is 23.1 Å². The van der Waals surface area contributed by atoms with Crippen molar-refractivity contribution in [2.24, 2.45) is 0 Å². The van der Waals surface area contributed by atoms with Crippen molar-refractivity contribution in [2.75, 3.05) is 6.26 Å². The first-order chi connectivity index (χ1) is 11.3. The third-order valence-corrected chi connectivity index (χ3v) is 5.29. The molecule has 4 aromatic rings. The fraction of sp³-hybridized carbons (Fsp3) is 0.214. The average molecular weight is 370 g/mol. The van der Waals surface area contributed by atoms with Crippen LogP contribution in [0, 0.1) is 6.92 Å². The lowest BCUT2D eigenvalue weighted by molar-refractivity contribution is -0.136. The minimum Gasteiger partial charge on any atom is -0.436 e. The first-order valence-corrected chi connectivity index (χ1v) is 8.78. The maximum Gasteiger partial charge on any atom is 0.417 e. The highest BCUT2D eigenvalue weighted by molar-refractivity contribution is 8.00. The van der Waals surface area contributed by atoms with E-state index in [0.29, 0.717) is 10.7 Å². The fourth-order valence-electron chi connectivity index (χ4n) is 2.38. The van der Waals surface area contributed by atoms with Gasteiger partial charge >= 0.3 is 6.18 Å². The molecule has 0 fully saturated rings. The summed E-state index contributed by atoms with van der Waals surface area (Å²) >= 11 is 2.89. The SMILES string of the molecule is CSc1nn2cc(-c3cc4c(C(F)(F)F)cc(C)nc4o3)nc2s1. The van der Waals surface area contributed by atoms with Crippen LogP contribution in [0.1, 0.15) is 11.3 Å². The summed E-state index contributed by atoms with van der Waals surface area (Å²) in [6.45, 7) is 1.50. The van der Waals surface area contributed by atoms with E-state index in [2.05, 4.69) is 15.1 Å². The zero-order valence-corrected chi connectivity index (χ0v) is 14.0. The van der Waals surface area contributed by atoms with Crippen LogP contribution in [-0.4, -0.2) is 25.8 Å². The van der Waals surface area contributed by atoms with Gasteiger partial charge in [0.15, 0.2) is 10.1 Å². The quantitative estimate of drug-likeness (QED) is 0.481. The predicted molar refractivity (Wildman–Crippen MR) is 85.4 cm³/mol. The molecule has 0 spiro atoms. The summed E-state index contributed by atoms with van der Waals surface area (Å²) in [7, 11) is 0. The number of nitrogens with zero attached hydrogens (tertiary/aromatic N) is 4. The number of aromatic nitrogens is 4. The Morgan fingerprint density at radius 3 is 2.71 bits per heavy atom. The van der Waals surface area contributed by atoms with Gasteiger partial charge in [0.25, 0.3) is 0 Å². The molecule has 0 aliphatic heterocycles. The Balaban J connectivity index is 1.88. The van der Waals surface area contributed by atoms with Crippen molar-refractivity contribution in [3.05, 3.63) is 29.6 Å². The van der Waals surface area contributed by atoms with Crippen LogP contribution in [0.3, 0.4) is 0 Å². The lowest BCUT2D eigenvalue weighted by Crippen LogP contribution is -2.06. The Bertz CT molecular complexity index is 1030. The highest BCUT2D eigenvalue weighted by Gasteiger charge is 2.34. The van der Waals surface area contributed by atoms with Gasteiger partial charge in [-0.25, -0.2) is 14.5 Å². The number of imidazole rings is 1. The van der Waals surface area contributed by atoms with E-state index in [9.17, 15) is 13.2 Å². The fourth-order valence-corrected chi connectivity index (χ4v) is 3.72. The van der Waals surface area contributed by atoms with Crippen LogP contribution < -0.4 is 0 Å². The molecule has 124 valence electrons. The molecule has 4 rings (SSSR count). The summed E-state index contributed by atoms with van der Waals surface area (Å²) in [5, 5.41) is 4.23. The maximum absolute atomic E-state index is 13.2. The zero-order valence-electron chi connectivity index (χ0n) is 12.4. The summed E-state index contributed by atoms with van der Waals surface area (Å²) in [4.78, 5) is 9.06. The van der Waals surface area contributed by atoms with E-state index < -0.39 is 11.7 Å². The molecule has 0 unspecified atom stereocenters. The van der Waals surface area contributed by atoms with Crippen molar-refractivity contribution in [3.63, 3.8) is 0 Å². The number of pyridine rings is 1. The highest BCUT2D eigenvalue weighted by atomic mass is 32.2. The van der Waals surface area contributed by atoms with E-state index in [-0.39, 0.29) is 22.6 Å². The molecule has 0 amide bonds. The largest absolute Gasteiger partial charge is 0.436 e. The monoisotopic (exact) mass is 370 g/mol. The predicted octanol–water partition coefficient (Wildman–Crippen LogP) is 4.65. The molecule has 0 aliphatic carbocycles. The van der Waals surface area contributed by atoms with Crippen LogP contribution in [-0.2, 0) is 6.18 Å². The van der Waals surface area contributed by atoms with E-state index in [1.54, 1.807) is 10.7 Å². The number of hydrogen-bond acceptors (Lipinski definition) is 6. The number of rotatable bonds is 2. The van der Waals surface area contributed by atoms with Gasteiger partial charge in [-0.3, -0.25) is 0 Å². The van der Waals surface area contributed by atoms with E-state index in [0.717, 1.165) is 10.4 Å². The molecule has 0 atom stereocenters. The zero-order chi connectivity index (χ0) is 17.1. The van der Waals surface area contributed by atoms with Crippen molar-refractivity contribution < 1.29 is 17.6 Å². The van der Waals surface area contributed by atoms with Gasteiger partial charge in [0.2, 0.25) is 10.7 Å². The summed E-state index contributed by atoms with van der Waals surface area (Å²) in [6.07, 6.45) is -0.940. The van der Waals surface area contributed by atoms with E-state index in [4.69, 9.17) is 4.42 Å². The summed E-state index contributed by atoms with van der Waals surface area (Å²) in [5.74, 6) is 0.233. The Morgan fingerprint density at radius 1 is 1.25 bits per heavy atom. The van der Waals surface area contributed by atoms with Crippen LogP contribution in [0.15, 0.2) is 27.1 Å². The lowest BCUT2D eigenvalue weighted by Gasteiger charge is -2.07. The molecule has 0 aliphatic rings. The van der Waals surface area contributed by atoms with Crippen molar-refractivity contribution in [1.82, 2.24) is 19.6 Å². The van der Waals surface area contributed by atoms with Crippen molar-refractivity contribution in [1.29, 1.82) is 0 Å². The molecule has 24 heavy (non-hydrogen) atoms. The van der Waals surface area contributed by atoms with Crippen LogP contribution in [0.4, 0.5) is 13.2 Å². The standard InChI is InChI=1S/C14H9F3N4OS2/c1-6-3-8(14(15,16)17)7-4-10(22-11(7)18-6)9-5-21-12(19-9)24-13(20-21)23-2/h3-5H,1-2H3. The summed E-state index contributed by atoms with van der Waals surface area (Å²) in [5.41, 5.74) is -0.145. The van der Waals surface area contributed by atoms with Gasteiger partial charge in [-0.2, -0.15) is 13.2 Å². The maximum atomic E-state index is 13.2. The topological polar surface area (TPSA) is 56.2 Å². The van der Waals surface area contributed by atoms with Crippen LogP contribution in [0.25, 0.3) is 27.5 Å². The second-order valence-corrected chi connectivity index (χ2v) is 7.07. The summed E-state index contributed by atoms with van der Waals surface area (Å²) < 4.78 is 47.6. The van der Waals surface area contributed by atoms with Gasteiger partial charge in [0.1, 0.15) is 5.69 Å². The number of halogens is 3. The number of hydrogen-bond donors (Lipinski definition) is 0. The van der Waals surface area contributed by atoms with Crippen LogP contribution in [0.2, 0.25) is 0 Å². The molecular weight excluding hydrogens is 361 g/mol. The van der Waals surface area contributed by atoms with Crippen molar-refractivity contribution >= 4 is 39.2 Å². The Kier molecular flexibility index (Phi) is 3.36. The second-order valence-electron chi connectivity index (χ2n) is 5.06. The van der Waals surface area contributed by atoms with Gasteiger partial charge in [0, 0.05) is 5.69 Å². The first-order valence-electron chi connectivity index (χ1n) is 6.74. The number of furan rings is 1. The van der Waals surface area contributed by atoms with E-state index in [1.807, 2.05) is 6.26 Å². The van der Waals surface area contributed by atoms with Gasteiger partial charge < -0.3 is 4.42 Å². The Hall–Kier alpha value is -2.07. The number of fused-ring (bicyclic) bond motifs is 2. The smallest absolute Gasteiger partial charge is 0.417 e. The molecule has 0 saturated heterocycles. The van der Waals surface area contributed by atoms with Crippen molar-refractivity contribution in [2.45, 2.75) is 17.4 Å². The molecule has 4 aromatic heterocycles. The second kappa shape index (κ2) is 5.21. The third-order valence-electron chi connectivity index (χ3n) is 3.39. The summed E-state index contributed by atoms with van der Waals surface area (Å²) in [6, 6.07) is 2.34. The highest BCUT2D eigenvalue weighted by Crippen LogP contribution is 2.38. The molecular formula is C14H9F3N4OS2.